The molecule has 1 amide bonds. The molecule has 2 aromatic carbocycles. The molecule has 1 N–H and O–H groups in total. The highest BCUT2D eigenvalue weighted by atomic mass is 32.2. The van der Waals surface area contributed by atoms with Gasteiger partial charge in [0.15, 0.2) is 5.76 Å². The molecule has 1 aliphatic heterocycles. The molecule has 0 spiro atoms. The van der Waals surface area contributed by atoms with Gasteiger partial charge in [0.2, 0.25) is 0 Å². The summed E-state index contributed by atoms with van der Waals surface area (Å²) >= 11 is 1.70. The molecule has 1 saturated heterocycles. The Balaban J connectivity index is 1.40. The predicted octanol–water partition coefficient (Wildman–Crippen LogP) is 5.14. The molecule has 0 bridgehead atoms. The number of amides is 1. The molecule has 4 rings (SSSR count). The third kappa shape index (κ3) is 5.11. The number of hydrogen-bond acceptors (Lipinski definition) is 4. The zero-order valence-corrected chi connectivity index (χ0v) is 17.2. The lowest BCUT2D eigenvalue weighted by molar-refractivity contribution is 0.0909. The number of likely N-dealkylation sites (tertiary alicyclic amines) is 1. The summed E-state index contributed by atoms with van der Waals surface area (Å²) in [5, 5.41) is 3.12. The van der Waals surface area contributed by atoms with Crippen molar-refractivity contribution in [2.75, 3.05) is 19.6 Å². The van der Waals surface area contributed by atoms with E-state index in [0.29, 0.717) is 18.1 Å². The van der Waals surface area contributed by atoms with Crippen LogP contribution in [0.2, 0.25) is 0 Å². The van der Waals surface area contributed by atoms with Crippen molar-refractivity contribution in [1.82, 2.24) is 10.2 Å². The SMILES string of the molecule is O=C(NCC(c1ccccc1)N1CCCC1)c1occc1CSc1ccccc1. The van der Waals surface area contributed by atoms with Crippen molar-refractivity contribution in [3.05, 3.63) is 89.9 Å². The topological polar surface area (TPSA) is 45.5 Å². The molecule has 5 heteroatoms. The molecule has 0 aliphatic carbocycles. The van der Waals surface area contributed by atoms with Gasteiger partial charge < -0.3 is 9.73 Å². The minimum Gasteiger partial charge on any atom is -0.459 e. The Kier molecular flexibility index (Phi) is 6.70. The summed E-state index contributed by atoms with van der Waals surface area (Å²) in [4.78, 5) is 16.5. The summed E-state index contributed by atoms with van der Waals surface area (Å²) in [6.07, 6.45) is 4.04. The van der Waals surface area contributed by atoms with Gasteiger partial charge in [-0.05, 0) is 49.7 Å². The molecule has 0 saturated carbocycles. The number of rotatable bonds is 8. The lowest BCUT2D eigenvalue weighted by Crippen LogP contribution is -2.36. The predicted molar refractivity (Wildman–Crippen MR) is 117 cm³/mol. The maximum Gasteiger partial charge on any atom is 0.287 e. The van der Waals surface area contributed by atoms with E-state index in [1.807, 2.05) is 30.3 Å². The second-order valence-corrected chi connectivity index (χ2v) is 8.31. The molecule has 1 unspecified atom stereocenters. The number of benzene rings is 2. The first-order valence-electron chi connectivity index (χ1n) is 10.1. The Hall–Kier alpha value is -2.50. The fourth-order valence-electron chi connectivity index (χ4n) is 3.78. The van der Waals surface area contributed by atoms with Crippen molar-refractivity contribution in [1.29, 1.82) is 0 Å². The Labute approximate surface area is 176 Å². The van der Waals surface area contributed by atoms with Gasteiger partial charge >= 0.3 is 0 Å². The Bertz CT molecular complexity index is 905. The number of hydrogen-bond donors (Lipinski definition) is 1. The van der Waals surface area contributed by atoms with Crippen LogP contribution in [-0.4, -0.2) is 30.4 Å². The normalized spacial score (nSPS) is 15.3. The zero-order chi connectivity index (χ0) is 19.9. The quantitative estimate of drug-likeness (QED) is 0.526. The van der Waals surface area contributed by atoms with E-state index in [2.05, 4.69) is 46.6 Å². The minimum atomic E-state index is -0.140. The summed E-state index contributed by atoms with van der Waals surface area (Å²) in [6.45, 7) is 2.74. The van der Waals surface area contributed by atoms with Crippen molar-refractivity contribution in [3.8, 4) is 0 Å². The smallest absolute Gasteiger partial charge is 0.287 e. The number of nitrogens with zero attached hydrogens (tertiary/aromatic N) is 1. The van der Waals surface area contributed by atoms with Crippen LogP contribution in [0.5, 0.6) is 0 Å². The lowest BCUT2D eigenvalue weighted by atomic mass is 10.1. The van der Waals surface area contributed by atoms with Gasteiger partial charge in [0.25, 0.3) is 5.91 Å². The van der Waals surface area contributed by atoms with Crippen LogP contribution in [0.1, 0.15) is 40.6 Å². The fraction of sp³-hybridized carbons (Fsp3) is 0.292. The van der Waals surface area contributed by atoms with Crippen molar-refractivity contribution >= 4 is 17.7 Å². The van der Waals surface area contributed by atoms with E-state index in [1.165, 1.54) is 23.3 Å². The van der Waals surface area contributed by atoms with E-state index >= 15 is 0 Å². The Morgan fingerprint density at radius 2 is 1.69 bits per heavy atom. The van der Waals surface area contributed by atoms with E-state index in [0.717, 1.165) is 18.7 Å². The second-order valence-electron chi connectivity index (χ2n) is 7.26. The van der Waals surface area contributed by atoms with Gasteiger partial charge in [-0.3, -0.25) is 9.69 Å². The molecule has 0 radical (unpaired) electrons. The van der Waals surface area contributed by atoms with E-state index in [4.69, 9.17) is 4.42 Å². The van der Waals surface area contributed by atoms with Gasteiger partial charge in [-0.2, -0.15) is 0 Å². The maximum absolute atomic E-state index is 12.9. The molecule has 4 nitrogen and oxygen atoms in total. The molecule has 1 atom stereocenters. The van der Waals surface area contributed by atoms with Gasteiger partial charge in [0, 0.05) is 22.8 Å². The van der Waals surface area contributed by atoms with Crippen molar-refractivity contribution in [3.63, 3.8) is 0 Å². The van der Waals surface area contributed by atoms with Crippen molar-refractivity contribution in [2.24, 2.45) is 0 Å². The monoisotopic (exact) mass is 406 g/mol. The highest BCUT2D eigenvalue weighted by Gasteiger charge is 2.25. The van der Waals surface area contributed by atoms with Gasteiger partial charge in [-0.25, -0.2) is 0 Å². The number of thioether (sulfide) groups is 1. The summed E-state index contributed by atoms with van der Waals surface area (Å²) in [6, 6.07) is 22.7. The first kappa shape index (κ1) is 19.8. The van der Waals surface area contributed by atoms with Gasteiger partial charge in [0.05, 0.1) is 12.3 Å². The minimum absolute atomic E-state index is 0.140. The molecule has 3 aromatic rings. The molecular weight excluding hydrogens is 380 g/mol. The van der Waals surface area contributed by atoms with Crippen LogP contribution in [-0.2, 0) is 5.75 Å². The molecule has 1 aromatic heterocycles. The summed E-state index contributed by atoms with van der Waals surface area (Å²) in [5.41, 5.74) is 2.17. The number of carbonyl (C=O) groups excluding carboxylic acids is 1. The third-order valence-electron chi connectivity index (χ3n) is 5.31. The fourth-order valence-corrected chi connectivity index (χ4v) is 4.68. The van der Waals surface area contributed by atoms with E-state index < -0.39 is 0 Å². The first-order chi connectivity index (χ1) is 14.3. The Morgan fingerprint density at radius 1 is 1.00 bits per heavy atom. The zero-order valence-electron chi connectivity index (χ0n) is 16.4. The van der Waals surface area contributed by atoms with Crippen LogP contribution in [0.3, 0.4) is 0 Å². The van der Waals surface area contributed by atoms with Crippen molar-refractivity contribution < 1.29 is 9.21 Å². The summed E-state index contributed by atoms with van der Waals surface area (Å²) < 4.78 is 5.54. The van der Waals surface area contributed by atoms with Gasteiger partial charge in [-0.15, -0.1) is 11.8 Å². The number of carbonyl (C=O) groups is 1. The highest BCUT2D eigenvalue weighted by Crippen LogP contribution is 2.26. The molecule has 150 valence electrons. The summed E-state index contributed by atoms with van der Waals surface area (Å²) in [5.74, 6) is 0.984. The number of furan rings is 1. The van der Waals surface area contributed by atoms with Gasteiger partial charge in [-0.1, -0.05) is 48.5 Å². The van der Waals surface area contributed by atoms with E-state index in [-0.39, 0.29) is 11.9 Å². The van der Waals surface area contributed by atoms with Crippen LogP contribution in [0.4, 0.5) is 0 Å². The van der Waals surface area contributed by atoms with Gasteiger partial charge in [0.1, 0.15) is 0 Å². The molecular formula is C24H26N2O2S. The van der Waals surface area contributed by atoms with Crippen LogP contribution in [0.25, 0.3) is 0 Å². The second kappa shape index (κ2) is 9.81. The molecule has 1 fully saturated rings. The van der Waals surface area contributed by atoms with Crippen LogP contribution >= 0.6 is 11.8 Å². The van der Waals surface area contributed by atoms with Crippen LogP contribution in [0.15, 0.2) is 82.3 Å². The maximum atomic E-state index is 12.9. The lowest BCUT2D eigenvalue weighted by Gasteiger charge is -2.28. The first-order valence-corrected chi connectivity index (χ1v) is 11.1. The number of nitrogens with one attached hydrogen (secondary N) is 1. The highest BCUT2D eigenvalue weighted by molar-refractivity contribution is 7.98. The standard InChI is InChI=1S/C24H26N2O2S/c27-24(23-20(13-16-28-23)18-29-21-11-5-2-6-12-21)25-17-22(26-14-7-8-15-26)19-9-3-1-4-10-19/h1-6,9-13,16,22H,7-8,14-15,17-18H2,(H,25,27). The Morgan fingerprint density at radius 3 is 2.41 bits per heavy atom. The molecule has 29 heavy (non-hydrogen) atoms. The molecule has 1 aliphatic rings. The van der Waals surface area contributed by atoms with Crippen LogP contribution < -0.4 is 5.32 Å². The third-order valence-corrected chi connectivity index (χ3v) is 6.37. The largest absolute Gasteiger partial charge is 0.459 e. The molecule has 2 heterocycles. The average Bonchev–Trinajstić information content (AvgIpc) is 3.46. The van der Waals surface area contributed by atoms with E-state index in [9.17, 15) is 4.79 Å². The van der Waals surface area contributed by atoms with E-state index in [1.54, 1.807) is 18.0 Å². The summed E-state index contributed by atoms with van der Waals surface area (Å²) in [7, 11) is 0. The average molecular weight is 407 g/mol. The van der Waals surface area contributed by atoms with Crippen LogP contribution in [0, 0.1) is 0 Å². The van der Waals surface area contributed by atoms with Crippen molar-refractivity contribution in [2.45, 2.75) is 29.5 Å².